The van der Waals surface area contributed by atoms with Gasteiger partial charge in [-0.3, -0.25) is 4.79 Å². The summed E-state index contributed by atoms with van der Waals surface area (Å²) in [6, 6.07) is 14.3. The molecule has 2 aromatic rings. The minimum atomic E-state index is 0.209. The molecule has 0 saturated heterocycles. The van der Waals surface area contributed by atoms with Gasteiger partial charge in [-0.15, -0.1) is 0 Å². The van der Waals surface area contributed by atoms with Crippen molar-refractivity contribution >= 4 is 16.6 Å². The van der Waals surface area contributed by atoms with Crippen molar-refractivity contribution in [3.8, 4) is 0 Å². The minimum absolute atomic E-state index is 0.209. The van der Waals surface area contributed by atoms with Crippen molar-refractivity contribution in [1.82, 2.24) is 0 Å². The molecule has 0 fully saturated rings. The fourth-order valence-corrected chi connectivity index (χ4v) is 1.64. The third-order valence-corrected chi connectivity index (χ3v) is 2.27. The zero-order chi connectivity index (χ0) is 14.0. The van der Waals surface area contributed by atoms with E-state index in [9.17, 15) is 4.79 Å². The SMILES string of the molecule is CC.CC.CC(=O)Cc1ccc2ccccc2c1. The summed E-state index contributed by atoms with van der Waals surface area (Å²) in [5.41, 5.74) is 1.09. The van der Waals surface area contributed by atoms with Crippen LogP contribution in [0.1, 0.15) is 40.2 Å². The number of Topliss-reactive ketones (excluding diaryl/α,β-unsaturated/α-hetero) is 1. The quantitative estimate of drug-likeness (QED) is 0.724. The zero-order valence-corrected chi connectivity index (χ0v) is 12.2. The first-order chi connectivity index (χ1) is 8.75. The first kappa shape index (κ1) is 16.4. The van der Waals surface area contributed by atoms with Gasteiger partial charge in [-0.25, -0.2) is 0 Å². The highest BCUT2D eigenvalue weighted by molar-refractivity contribution is 5.85. The van der Waals surface area contributed by atoms with E-state index >= 15 is 0 Å². The summed E-state index contributed by atoms with van der Waals surface area (Å²) in [6.07, 6.45) is 0.533. The predicted octanol–water partition coefficient (Wildman–Crippen LogP) is 5.02. The fourth-order valence-electron chi connectivity index (χ4n) is 1.64. The van der Waals surface area contributed by atoms with E-state index in [1.165, 1.54) is 10.8 Å². The summed E-state index contributed by atoms with van der Waals surface area (Å²) < 4.78 is 0. The van der Waals surface area contributed by atoms with Crippen LogP contribution >= 0.6 is 0 Å². The summed E-state index contributed by atoms with van der Waals surface area (Å²) in [6.45, 7) is 9.62. The van der Waals surface area contributed by atoms with Crippen LogP contribution in [0.15, 0.2) is 42.5 Å². The topological polar surface area (TPSA) is 17.1 Å². The molecule has 0 aliphatic carbocycles. The second-order valence-electron chi connectivity index (χ2n) is 3.56. The molecule has 0 atom stereocenters. The first-order valence-electron chi connectivity index (χ1n) is 6.73. The van der Waals surface area contributed by atoms with Crippen LogP contribution in [-0.2, 0) is 11.2 Å². The summed E-state index contributed by atoms with van der Waals surface area (Å²) >= 11 is 0. The normalized spacial score (nSPS) is 8.72. The number of carbonyl (C=O) groups excluding carboxylic acids is 1. The third-order valence-electron chi connectivity index (χ3n) is 2.27. The van der Waals surface area contributed by atoms with Gasteiger partial charge in [-0.2, -0.15) is 0 Å². The van der Waals surface area contributed by atoms with E-state index in [2.05, 4.69) is 24.3 Å². The van der Waals surface area contributed by atoms with E-state index in [-0.39, 0.29) is 5.78 Å². The lowest BCUT2D eigenvalue weighted by Gasteiger charge is -2.00. The van der Waals surface area contributed by atoms with Crippen molar-refractivity contribution in [1.29, 1.82) is 0 Å². The Balaban J connectivity index is 0.000000659. The van der Waals surface area contributed by atoms with Crippen molar-refractivity contribution < 1.29 is 4.79 Å². The largest absolute Gasteiger partial charge is 0.300 e. The molecule has 0 aliphatic heterocycles. The molecule has 1 heteroatoms. The molecule has 2 rings (SSSR count). The van der Waals surface area contributed by atoms with Crippen LogP contribution in [0.4, 0.5) is 0 Å². The Morgan fingerprint density at radius 1 is 0.889 bits per heavy atom. The Kier molecular flexibility index (Phi) is 8.55. The lowest BCUT2D eigenvalue weighted by Crippen LogP contribution is -1.95. The van der Waals surface area contributed by atoms with E-state index in [1.54, 1.807) is 6.92 Å². The number of rotatable bonds is 2. The van der Waals surface area contributed by atoms with Gasteiger partial charge in [0.05, 0.1) is 0 Å². The molecule has 0 aromatic heterocycles. The van der Waals surface area contributed by atoms with Crippen LogP contribution in [0, 0.1) is 0 Å². The standard InChI is InChI=1S/C13H12O.2C2H6/c1-10(14)8-11-6-7-12-4-2-3-5-13(12)9-11;2*1-2/h2-7,9H,8H2,1H3;2*1-2H3. The van der Waals surface area contributed by atoms with Crippen LogP contribution in [0.3, 0.4) is 0 Å². The van der Waals surface area contributed by atoms with Crippen molar-refractivity contribution in [3.05, 3.63) is 48.0 Å². The molecule has 0 heterocycles. The van der Waals surface area contributed by atoms with Crippen molar-refractivity contribution in [2.75, 3.05) is 0 Å². The van der Waals surface area contributed by atoms with Crippen LogP contribution < -0.4 is 0 Å². The predicted molar refractivity (Wildman–Crippen MR) is 81.0 cm³/mol. The Bertz CT molecular complexity index is 472. The van der Waals surface area contributed by atoms with Gasteiger partial charge in [0.15, 0.2) is 0 Å². The number of hydrogen-bond donors (Lipinski definition) is 0. The highest BCUT2D eigenvalue weighted by Gasteiger charge is 1.98. The summed E-state index contributed by atoms with van der Waals surface area (Å²) in [7, 11) is 0. The van der Waals surface area contributed by atoms with Crippen molar-refractivity contribution in [2.45, 2.75) is 41.0 Å². The second-order valence-corrected chi connectivity index (χ2v) is 3.56. The van der Waals surface area contributed by atoms with Crippen LogP contribution in [-0.4, -0.2) is 5.78 Å². The second kappa shape index (κ2) is 9.41. The summed E-state index contributed by atoms with van der Waals surface area (Å²) in [5.74, 6) is 0.209. The highest BCUT2D eigenvalue weighted by Crippen LogP contribution is 2.15. The van der Waals surface area contributed by atoms with Crippen LogP contribution in [0.25, 0.3) is 10.8 Å². The van der Waals surface area contributed by atoms with Crippen LogP contribution in [0.5, 0.6) is 0 Å². The number of fused-ring (bicyclic) bond motifs is 1. The Hall–Kier alpha value is -1.63. The number of carbonyl (C=O) groups is 1. The molecule has 18 heavy (non-hydrogen) atoms. The van der Waals surface area contributed by atoms with Gasteiger partial charge in [0, 0.05) is 6.42 Å². The van der Waals surface area contributed by atoms with Crippen LogP contribution in [0.2, 0.25) is 0 Å². The lowest BCUT2D eigenvalue weighted by molar-refractivity contribution is -0.116. The molecule has 0 radical (unpaired) electrons. The maximum atomic E-state index is 10.9. The fraction of sp³-hybridized carbons (Fsp3) is 0.353. The minimum Gasteiger partial charge on any atom is -0.300 e. The summed E-state index contributed by atoms with van der Waals surface area (Å²) in [4.78, 5) is 10.9. The average molecular weight is 244 g/mol. The summed E-state index contributed by atoms with van der Waals surface area (Å²) in [5, 5.41) is 2.42. The molecule has 0 aliphatic rings. The Morgan fingerprint density at radius 2 is 1.44 bits per heavy atom. The molecule has 98 valence electrons. The maximum absolute atomic E-state index is 10.9. The smallest absolute Gasteiger partial charge is 0.134 e. The third kappa shape index (κ3) is 5.13. The van der Waals surface area contributed by atoms with E-state index in [0.717, 1.165) is 5.56 Å². The molecular weight excluding hydrogens is 220 g/mol. The van der Waals surface area contributed by atoms with E-state index in [1.807, 2.05) is 45.9 Å². The van der Waals surface area contributed by atoms with Gasteiger partial charge >= 0.3 is 0 Å². The van der Waals surface area contributed by atoms with Gasteiger partial charge in [-0.1, -0.05) is 70.2 Å². The first-order valence-corrected chi connectivity index (χ1v) is 6.73. The monoisotopic (exact) mass is 244 g/mol. The molecule has 0 unspecified atom stereocenters. The molecule has 1 nitrogen and oxygen atoms in total. The molecule has 0 spiro atoms. The van der Waals surface area contributed by atoms with Gasteiger partial charge < -0.3 is 0 Å². The zero-order valence-electron chi connectivity index (χ0n) is 12.2. The number of benzene rings is 2. The van der Waals surface area contributed by atoms with E-state index < -0.39 is 0 Å². The maximum Gasteiger partial charge on any atom is 0.134 e. The van der Waals surface area contributed by atoms with E-state index in [4.69, 9.17) is 0 Å². The van der Waals surface area contributed by atoms with Gasteiger partial charge in [-0.05, 0) is 23.3 Å². The molecule has 0 N–H and O–H groups in total. The molecule has 0 bridgehead atoms. The van der Waals surface area contributed by atoms with Crippen molar-refractivity contribution in [2.24, 2.45) is 0 Å². The molecule has 0 amide bonds. The molecule has 2 aromatic carbocycles. The highest BCUT2D eigenvalue weighted by atomic mass is 16.1. The van der Waals surface area contributed by atoms with Gasteiger partial charge in [0.2, 0.25) is 0 Å². The molecular formula is C17H24O. The number of hydrogen-bond acceptors (Lipinski definition) is 1. The average Bonchev–Trinajstić information content (AvgIpc) is 2.42. The number of ketones is 1. The Morgan fingerprint density at radius 3 is 2.00 bits per heavy atom. The van der Waals surface area contributed by atoms with E-state index in [0.29, 0.717) is 6.42 Å². The van der Waals surface area contributed by atoms with Gasteiger partial charge in [0.25, 0.3) is 0 Å². The van der Waals surface area contributed by atoms with Crippen molar-refractivity contribution in [3.63, 3.8) is 0 Å². The lowest BCUT2D eigenvalue weighted by atomic mass is 10.0. The van der Waals surface area contributed by atoms with Gasteiger partial charge in [0.1, 0.15) is 5.78 Å². The Labute approximate surface area is 111 Å². The molecule has 0 saturated carbocycles.